The Morgan fingerprint density at radius 3 is 2.39 bits per heavy atom. The zero-order valence-corrected chi connectivity index (χ0v) is 13.0. The molecule has 0 unspecified atom stereocenters. The first kappa shape index (κ1) is 15.0. The molecule has 0 spiro atoms. The van der Waals surface area contributed by atoms with E-state index in [1.807, 2.05) is 0 Å². The quantitative estimate of drug-likeness (QED) is 0.772. The lowest BCUT2D eigenvalue weighted by atomic mass is 10.2. The van der Waals surface area contributed by atoms with Gasteiger partial charge in [-0.25, -0.2) is 9.59 Å². The van der Waals surface area contributed by atoms with Crippen molar-refractivity contribution in [3.8, 4) is 11.5 Å². The smallest absolute Gasteiger partial charge is 0.347 e. The number of nitrogens with one attached hydrogen (secondary N) is 1. The summed E-state index contributed by atoms with van der Waals surface area (Å²) < 4.78 is 7.96. The molecule has 3 heterocycles. The Morgan fingerprint density at radius 2 is 1.83 bits per heavy atom. The van der Waals surface area contributed by atoms with E-state index in [0.29, 0.717) is 18.1 Å². The van der Waals surface area contributed by atoms with E-state index in [0.717, 1.165) is 4.57 Å². The predicted molar refractivity (Wildman–Crippen MR) is 84.7 cm³/mol. The summed E-state index contributed by atoms with van der Waals surface area (Å²) in [6.45, 7) is 5.75. The lowest BCUT2D eigenvalue weighted by Gasteiger charge is -2.11. The fourth-order valence-electron chi connectivity index (χ4n) is 2.63. The summed E-state index contributed by atoms with van der Waals surface area (Å²) in [7, 11) is 0. The number of aromatic nitrogens is 4. The molecule has 0 radical (unpaired) electrons. The molecule has 23 heavy (non-hydrogen) atoms. The van der Waals surface area contributed by atoms with E-state index in [-0.39, 0.29) is 23.3 Å². The summed E-state index contributed by atoms with van der Waals surface area (Å²) in [5, 5.41) is 0.169. The van der Waals surface area contributed by atoms with Gasteiger partial charge in [0.15, 0.2) is 11.4 Å². The SMILES string of the molecule is CCn1c(=O)c2c(-c3ccc(C)o3)[nH]c(=O)nc2n(CC)c1=O. The van der Waals surface area contributed by atoms with Crippen molar-refractivity contribution in [2.24, 2.45) is 0 Å². The fraction of sp³-hybridized carbons (Fsp3) is 0.333. The van der Waals surface area contributed by atoms with E-state index in [9.17, 15) is 14.4 Å². The van der Waals surface area contributed by atoms with Crippen molar-refractivity contribution in [1.29, 1.82) is 0 Å². The molecular formula is C15H16N4O4. The minimum Gasteiger partial charge on any atom is -0.460 e. The van der Waals surface area contributed by atoms with E-state index in [1.165, 1.54) is 4.57 Å². The molecule has 0 aliphatic rings. The molecule has 120 valence electrons. The van der Waals surface area contributed by atoms with Crippen LogP contribution in [0.1, 0.15) is 19.6 Å². The first-order valence-electron chi connectivity index (χ1n) is 7.32. The number of nitrogens with zero attached hydrogens (tertiary/aromatic N) is 3. The average molecular weight is 316 g/mol. The Morgan fingerprint density at radius 1 is 1.13 bits per heavy atom. The van der Waals surface area contributed by atoms with Crippen LogP contribution in [0.25, 0.3) is 22.5 Å². The number of furan rings is 1. The third-order valence-corrected chi connectivity index (χ3v) is 3.71. The van der Waals surface area contributed by atoms with Crippen molar-refractivity contribution >= 4 is 11.0 Å². The molecule has 0 aromatic carbocycles. The lowest BCUT2D eigenvalue weighted by Crippen LogP contribution is -2.40. The Kier molecular flexibility index (Phi) is 3.51. The second-order valence-corrected chi connectivity index (χ2v) is 5.10. The molecule has 8 nitrogen and oxygen atoms in total. The predicted octanol–water partition coefficient (Wildman–Crippen LogP) is 0.855. The van der Waals surface area contributed by atoms with Crippen LogP contribution in [0.3, 0.4) is 0 Å². The van der Waals surface area contributed by atoms with Gasteiger partial charge < -0.3 is 9.40 Å². The molecule has 0 aliphatic heterocycles. The summed E-state index contributed by atoms with van der Waals surface area (Å²) in [5.41, 5.74) is -1.31. The number of H-pyrrole nitrogens is 1. The van der Waals surface area contributed by atoms with Gasteiger partial charge in [0.1, 0.15) is 16.8 Å². The van der Waals surface area contributed by atoms with Crippen molar-refractivity contribution in [2.75, 3.05) is 0 Å². The molecule has 3 aromatic rings. The summed E-state index contributed by atoms with van der Waals surface area (Å²) in [5.74, 6) is 0.999. The molecule has 1 N–H and O–H groups in total. The topological polar surface area (TPSA) is 103 Å². The Balaban J connectivity index is 2.59. The highest BCUT2D eigenvalue weighted by molar-refractivity contribution is 5.87. The van der Waals surface area contributed by atoms with Crippen LogP contribution in [0, 0.1) is 6.92 Å². The summed E-state index contributed by atoms with van der Waals surface area (Å²) in [6.07, 6.45) is 0. The van der Waals surface area contributed by atoms with E-state index in [2.05, 4.69) is 9.97 Å². The number of aryl methyl sites for hydroxylation is 2. The largest absolute Gasteiger partial charge is 0.460 e. The molecular weight excluding hydrogens is 300 g/mol. The van der Waals surface area contributed by atoms with Crippen LogP contribution < -0.4 is 16.9 Å². The van der Waals surface area contributed by atoms with Gasteiger partial charge in [-0.2, -0.15) is 4.98 Å². The summed E-state index contributed by atoms with van der Waals surface area (Å²) in [4.78, 5) is 43.4. The molecule has 0 saturated heterocycles. The van der Waals surface area contributed by atoms with Gasteiger partial charge in [0.25, 0.3) is 5.56 Å². The summed E-state index contributed by atoms with van der Waals surface area (Å²) in [6, 6.07) is 3.39. The highest BCUT2D eigenvalue weighted by Gasteiger charge is 2.19. The number of fused-ring (bicyclic) bond motifs is 1. The molecule has 0 bridgehead atoms. The second-order valence-electron chi connectivity index (χ2n) is 5.10. The number of hydrogen-bond acceptors (Lipinski definition) is 5. The third-order valence-electron chi connectivity index (χ3n) is 3.71. The normalized spacial score (nSPS) is 11.3. The molecule has 0 fully saturated rings. The maximum absolute atomic E-state index is 12.7. The Bertz CT molecular complexity index is 1070. The number of rotatable bonds is 3. The van der Waals surface area contributed by atoms with Crippen molar-refractivity contribution in [3.05, 3.63) is 49.2 Å². The van der Waals surface area contributed by atoms with Gasteiger partial charge in [-0.05, 0) is 32.9 Å². The molecule has 0 atom stereocenters. The van der Waals surface area contributed by atoms with Crippen molar-refractivity contribution in [1.82, 2.24) is 19.1 Å². The van der Waals surface area contributed by atoms with Crippen LogP contribution in [-0.2, 0) is 13.1 Å². The first-order chi connectivity index (χ1) is 11.0. The maximum atomic E-state index is 12.7. The van der Waals surface area contributed by atoms with Crippen LogP contribution in [-0.4, -0.2) is 19.1 Å². The third kappa shape index (κ3) is 2.23. The van der Waals surface area contributed by atoms with E-state index >= 15 is 0 Å². The zero-order chi connectivity index (χ0) is 16.7. The van der Waals surface area contributed by atoms with Crippen LogP contribution >= 0.6 is 0 Å². The molecule has 0 amide bonds. The van der Waals surface area contributed by atoms with Gasteiger partial charge >= 0.3 is 11.4 Å². The number of hydrogen-bond donors (Lipinski definition) is 1. The van der Waals surface area contributed by atoms with E-state index < -0.39 is 16.9 Å². The average Bonchev–Trinajstić information content (AvgIpc) is 2.93. The maximum Gasteiger partial charge on any atom is 0.347 e. The molecule has 3 aromatic heterocycles. The minimum absolute atomic E-state index is 0.0694. The van der Waals surface area contributed by atoms with Crippen molar-refractivity contribution in [2.45, 2.75) is 33.9 Å². The van der Waals surface area contributed by atoms with Gasteiger partial charge in [0.2, 0.25) is 0 Å². The fourth-order valence-corrected chi connectivity index (χ4v) is 2.63. The van der Waals surface area contributed by atoms with Crippen LogP contribution in [0.5, 0.6) is 0 Å². The highest BCUT2D eigenvalue weighted by atomic mass is 16.3. The zero-order valence-electron chi connectivity index (χ0n) is 13.0. The highest BCUT2D eigenvalue weighted by Crippen LogP contribution is 2.23. The molecule has 3 rings (SSSR count). The van der Waals surface area contributed by atoms with Crippen molar-refractivity contribution < 1.29 is 4.42 Å². The molecule has 8 heteroatoms. The van der Waals surface area contributed by atoms with Crippen molar-refractivity contribution in [3.63, 3.8) is 0 Å². The Labute approximate surface area is 130 Å². The van der Waals surface area contributed by atoms with Crippen LogP contribution in [0.2, 0.25) is 0 Å². The molecule has 0 saturated carbocycles. The first-order valence-corrected chi connectivity index (χ1v) is 7.32. The van der Waals surface area contributed by atoms with E-state index in [4.69, 9.17) is 4.42 Å². The summed E-state index contributed by atoms with van der Waals surface area (Å²) >= 11 is 0. The molecule has 0 aliphatic carbocycles. The van der Waals surface area contributed by atoms with Gasteiger partial charge in [-0.3, -0.25) is 13.9 Å². The van der Waals surface area contributed by atoms with Crippen LogP contribution in [0.15, 0.2) is 30.9 Å². The van der Waals surface area contributed by atoms with E-state index in [1.54, 1.807) is 32.9 Å². The van der Waals surface area contributed by atoms with Gasteiger partial charge in [-0.15, -0.1) is 0 Å². The van der Waals surface area contributed by atoms with Gasteiger partial charge in [0.05, 0.1) is 0 Å². The van der Waals surface area contributed by atoms with Gasteiger partial charge in [-0.1, -0.05) is 0 Å². The number of aromatic amines is 1. The lowest BCUT2D eigenvalue weighted by molar-refractivity contribution is 0.546. The van der Waals surface area contributed by atoms with Crippen LogP contribution in [0.4, 0.5) is 0 Å². The second kappa shape index (κ2) is 5.38. The monoisotopic (exact) mass is 316 g/mol. The standard InChI is InChI=1S/C15H16N4O4/c1-4-18-12-10(13(20)19(5-2)15(18)22)11(16-14(21)17-12)9-7-6-8(3)23-9/h6-7H,4-5H2,1-3H3,(H,16,17,21). The minimum atomic E-state index is -0.642. The Hall–Kier alpha value is -2.90. The van der Waals surface area contributed by atoms with Gasteiger partial charge in [0, 0.05) is 13.1 Å².